The molecule has 5 aliphatic rings. The first-order valence-electron chi connectivity index (χ1n) is 9.70. The molecule has 0 heterocycles. The summed E-state index contributed by atoms with van der Waals surface area (Å²) >= 11 is 0. The quantitative estimate of drug-likeness (QED) is 0.543. The van der Waals surface area contributed by atoms with Crippen LogP contribution in [0.5, 0.6) is 0 Å². The van der Waals surface area contributed by atoms with Gasteiger partial charge in [0.25, 0.3) is 0 Å². The molecule has 116 valence electrons. The van der Waals surface area contributed by atoms with E-state index in [1.165, 1.54) is 19.3 Å². The lowest BCUT2D eigenvalue weighted by Gasteiger charge is -2.58. The van der Waals surface area contributed by atoms with E-state index in [4.69, 9.17) is 0 Å². The molecule has 0 aromatic heterocycles. The molecule has 7 unspecified atom stereocenters. The molecule has 0 saturated heterocycles. The van der Waals surface area contributed by atoms with E-state index in [0.717, 1.165) is 46.8 Å². The van der Waals surface area contributed by atoms with Gasteiger partial charge in [-0.15, -0.1) is 0 Å². The predicted molar refractivity (Wildman–Crippen MR) is 87.8 cm³/mol. The standard InChI is InChI=1S/C21H32/c1-20(2)17-10-6-9-14(17)15-11-18(20)19-16(15)12-21(19,3)13-7-4-5-8-13/h6,10,13-19H,4-5,7-9,11-12H2,1-3H3. The molecule has 0 aliphatic heterocycles. The van der Waals surface area contributed by atoms with Gasteiger partial charge in [0.1, 0.15) is 0 Å². The van der Waals surface area contributed by atoms with E-state index in [0.29, 0.717) is 5.41 Å². The Kier molecular flexibility index (Phi) is 2.50. The first-order chi connectivity index (χ1) is 10.0. The summed E-state index contributed by atoms with van der Waals surface area (Å²) in [6.07, 6.45) is 15.8. The molecule has 5 rings (SSSR count). The van der Waals surface area contributed by atoms with Gasteiger partial charge in [-0.1, -0.05) is 45.8 Å². The first kappa shape index (κ1) is 13.2. The van der Waals surface area contributed by atoms with E-state index in [-0.39, 0.29) is 0 Å². The van der Waals surface area contributed by atoms with Crippen molar-refractivity contribution in [3.8, 4) is 0 Å². The molecule has 4 saturated carbocycles. The van der Waals surface area contributed by atoms with Crippen molar-refractivity contribution in [2.45, 2.75) is 65.7 Å². The van der Waals surface area contributed by atoms with E-state index in [1.54, 1.807) is 25.7 Å². The van der Waals surface area contributed by atoms with Crippen molar-refractivity contribution in [1.29, 1.82) is 0 Å². The molecule has 0 spiro atoms. The first-order valence-corrected chi connectivity index (χ1v) is 9.70. The van der Waals surface area contributed by atoms with Gasteiger partial charge in [0.2, 0.25) is 0 Å². The Morgan fingerprint density at radius 1 is 0.952 bits per heavy atom. The molecular formula is C21H32. The third kappa shape index (κ3) is 1.44. The summed E-state index contributed by atoms with van der Waals surface area (Å²) in [6, 6.07) is 0. The summed E-state index contributed by atoms with van der Waals surface area (Å²) in [5.41, 5.74) is 1.29. The molecule has 7 atom stereocenters. The Balaban J connectivity index is 1.52. The summed E-state index contributed by atoms with van der Waals surface area (Å²) in [4.78, 5) is 0. The zero-order valence-electron chi connectivity index (χ0n) is 14.1. The van der Waals surface area contributed by atoms with E-state index in [9.17, 15) is 0 Å². The van der Waals surface area contributed by atoms with E-state index >= 15 is 0 Å². The molecule has 4 fully saturated rings. The molecule has 0 heteroatoms. The number of rotatable bonds is 1. The van der Waals surface area contributed by atoms with Crippen LogP contribution in [0.2, 0.25) is 0 Å². The summed E-state index contributed by atoms with van der Waals surface area (Å²) in [7, 11) is 0. The van der Waals surface area contributed by atoms with Crippen LogP contribution in [-0.2, 0) is 0 Å². The van der Waals surface area contributed by atoms with Crippen molar-refractivity contribution in [3.05, 3.63) is 12.2 Å². The predicted octanol–water partition coefficient (Wildman–Crippen LogP) is 5.69. The number of fused-ring (bicyclic) bond motifs is 7. The van der Waals surface area contributed by atoms with Crippen molar-refractivity contribution in [2.24, 2.45) is 52.3 Å². The van der Waals surface area contributed by atoms with Crippen molar-refractivity contribution >= 4 is 0 Å². The van der Waals surface area contributed by atoms with Gasteiger partial charge in [0.05, 0.1) is 0 Å². The Labute approximate surface area is 130 Å². The second-order valence-corrected chi connectivity index (χ2v) is 10.1. The lowest BCUT2D eigenvalue weighted by molar-refractivity contribution is -0.101. The fourth-order valence-corrected chi connectivity index (χ4v) is 8.33. The van der Waals surface area contributed by atoms with Crippen LogP contribution >= 0.6 is 0 Å². The lowest BCUT2D eigenvalue weighted by atomic mass is 9.46. The second kappa shape index (κ2) is 3.98. The second-order valence-electron chi connectivity index (χ2n) is 10.1. The third-order valence-corrected chi connectivity index (χ3v) is 9.27. The highest BCUT2D eigenvalue weighted by molar-refractivity contribution is 5.22. The van der Waals surface area contributed by atoms with Crippen LogP contribution in [0.15, 0.2) is 12.2 Å². The maximum absolute atomic E-state index is 2.70. The number of hydrogen-bond donors (Lipinski definition) is 0. The molecule has 0 aromatic rings. The van der Waals surface area contributed by atoms with E-state index in [2.05, 4.69) is 32.9 Å². The summed E-state index contributed by atoms with van der Waals surface area (Å²) in [5.74, 6) is 7.29. The van der Waals surface area contributed by atoms with Gasteiger partial charge in [-0.3, -0.25) is 0 Å². The molecular weight excluding hydrogens is 252 g/mol. The van der Waals surface area contributed by atoms with Crippen molar-refractivity contribution in [1.82, 2.24) is 0 Å². The normalized spacial score (nSPS) is 57.1. The zero-order valence-corrected chi connectivity index (χ0v) is 14.1. The maximum atomic E-state index is 2.70. The maximum Gasteiger partial charge on any atom is -0.0145 e. The molecule has 0 radical (unpaired) electrons. The van der Waals surface area contributed by atoms with Crippen LogP contribution in [0.25, 0.3) is 0 Å². The van der Waals surface area contributed by atoms with E-state index in [1.807, 2.05) is 0 Å². The molecule has 0 N–H and O–H groups in total. The highest BCUT2D eigenvalue weighted by atomic mass is 14.7. The monoisotopic (exact) mass is 284 g/mol. The van der Waals surface area contributed by atoms with Gasteiger partial charge in [-0.2, -0.15) is 0 Å². The third-order valence-electron chi connectivity index (χ3n) is 9.27. The molecule has 0 amide bonds. The minimum atomic E-state index is 0.563. The summed E-state index contributed by atoms with van der Waals surface area (Å²) in [6.45, 7) is 7.94. The molecule has 21 heavy (non-hydrogen) atoms. The molecule has 2 bridgehead atoms. The Morgan fingerprint density at radius 2 is 1.71 bits per heavy atom. The van der Waals surface area contributed by atoms with Gasteiger partial charge < -0.3 is 0 Å². The summed E-state index contributed by atoms with van der Waals surface area (Å²) in [5, 5.41) is 0. The summed E-state index contributed by atoms with van der Waals surface area (Å²) < 4.78 is 0. The minimum Gasteiger partial charge on any atom is -0.0879 e. The van der Waals surface area contributed by atoms with Gasteiger partial charge >= 0.3 is 0 Å². The number of hydrogen-bond acceptors (Lipinski definition) is 0. The van der Waals surface area contributed by atoms with Gasteiger partial charge in [0.15, 0.2) is 0 Å². The lowest BCUT2D eigenvalue weighted by Crippen LogP contribution is -2.52. The fraction of sp³-hybridized carbons (Fsp3) is 0.905. The van der Waals surface area contributed by atoms with Crippen LogP contribution in [0.3, 0.4) is 0 Å². The Hall–Kier alpha value is -0.260. The SMILES string of the molecule is CC1(C)C2C=CCC2C2CC1C1C2CC1(C)C1CCCC1. The number of allylic oxidation sites excluding steroid dienone is 2. The largest absolute Gasteiger partial charge is 0.0879 e. The van der Waals surface area contributed by atoms with Crippen molar-refractivity contribution < 1.29 is 0 Å². The average Bonchev–Trinajstić information content (AvgIpc) is 3.14. The van der Waals surface area contributed by atoms with Crippen molar-refractivity contribution in [2.75, 3.05) is 0 Å². The Bertz CT molecular complexity index is 480. The van der Waals surface area contributed by atoms with E-state index < -0.39 is 0 Å². The highest BCUT2D eigenvalue weighted by Gasteiger charge is 2.69. The minimum absolute atomic E-state index is 0.563. The van der Waals surface area contributed by atoms with Crippen LogP contribution in [0, 0.1) is 52.3 Å². The van der Waals surface area contributed by atoms with Gasteiger partial charge in [-0.25, -0.2) is 0 Å². The molecule has 0 nitrogen and oxygen atoms in total. The zero-order chi connectivity index (χ0) is 14.4. The topological polar surface area (TPSA) is 0 Å². The van der Waals surface area contributed by atoms with Crippen LogP contribution < -0.4 is 0 Å². The molecule has 0 aromatic carbocycles. The van der Waals surface area contributed by atoms with Gasteiger partial charge in [0, 0.05) is 0 Å². The highest BCUT2D eigenvalue weighted by Crippen LogP contribution is 2.76. The van der Waals surface area contributed by atoms with Crippen LogP contribution in [-0.4, -0.2) is 0 Å². The van der Waals surface area contributed by atoms with Crippen LogP contribution in [0.4, 0.5) is 0 Å². The molecule has 5 aliphatic carbocycles. The average molecular weight is 284 g/mol. The fourth-order valence-electron chi connectivity index (χ4n) is 8.33. The Morgan fingerprint density at radius 3 is 2.48 bits per heavy atom. The smallest absolute Gasteiger partial charge is 0.0145 e. The van der Waals surface area contributed by atoms with Gasteiger partial charge in [-0.05, 0) is 84.4 Å². The van der Waals surface area contributed by atoms with Crippen LogP contribution in [0.1, 0.15) is 65.7 Å². The van der Waals surface area contributed by atoms with Crippen molar-refractivity contribution in [3.63, 3.8) is 0 Å².